The number of sulfone groups is 1. The monoisotopic (exact) mass is 370 g/mol. The molecule has 3 aromatic rings. The van der Waals surface area contributed by atoms with E-state index in [0.717, 1.165) is 36.6 Å². The molecule has 0 saturated carbocycles. The minimum Gasteiger partial charge on any atom is -0.351 e. The molecule has 0 N–H and O–H groups in total. The van der Waals surface area contributed by atoms with Gasteiger partial charge in [-0.25, -0.2) is 13.4 Å². The summed E-state index contributed by atoms with van der Waals surface area (Å²) in [4.78, 5) is 8.83. The van der Waals surface area contributed by atoms with Crippen molar-refractivity contribution in [2.75, 3.05) is 17.7 Å². The minimum atomic E-state index is -3.18. The van der Waals surface area contributed by atoms with Gasteiger partial charge in [-0.15, -0.1) is 11.3 Å². The van der Waals surface area contributed by atoms with E-state index in [2.05, 4.69) is 28.5 Å². The van der Waals surface area contributed by atoms with Crippen LogP contribution in [0.4, 0.5) is 5.82 Å². The van der Waals surface area contributed by atoms with Crippen LogP contribution in [0.15, 0.2) is 58.8 Å². The van der Waals surface area contributed by atoms with E-state index in [9.17, 15) is 8.42 Å². The van der Waals surface area contributed by atoms with Gasteiger partial charge in [0.25, 0.3) is 0 Å². The molecule has 3 heterocycles. The summed E-state index contributed by atoms with van der Waals surface area (Å²) in [5, 5.41) is 2.10. The Hall–Kier alpha value is -2.18. The Morgan fingerprint density at radius 1 is 1.12 bits per heavy atom. The highest BCUT2D eigenvalue weighted by molar-refractivity contribution is 7.90. The van der Waals surface area contributed by atoms with E-state index >= 15 is 0 Å². The topological polar surface area (TPSA) is 50.3 Å². The molecule has 1 aliphatic heterocycles. The largest absolute Gasteiger partial charge is 0.351 e. The molecule has 0 saturated heterocycles. The van der Waals surface area contributed by atoms with Gasteiger partial charge in [-0.3, -0.25) is 0 Å². The molecule has 128 valence electrons. The van der Waals surface area contributed by atoms with Crippen molar-refractivity contribution in [3.63, 3.8) is 0 Å². The van der Waals surface area contributed by atoms with E-state index in [-0.39, 0.29) is 0 Å². The molecule has 0 atom stereocenters. The summed E-state index contributed by atoms with van der Waals surface area (Å²) in [6.45, 7) is 1.87. The van der Waals surface area contributed by atoms with Crippen LogP contribution in [0, 0.1) is 0 Å². The van der Waals surface area contributed by atoms with Crippen molar-refractivity contribution < 1.29 is 8.42 Å². The van der Waals surface area contributed by atoms with Crippen LogP contribution in [0.2, 0.25) is 0 Å². The number of pyridine rings is 1. The molecule has 0 unspecified atom stereocenters. The fourth-order valence-electron chi connectivity index (χ4n) is 3.09. The second kappa shape index (κ2) is 6.28. The Kier molecular flexibility index (Phi) is 4.09. The second-order valence-corrected chi connectivity index (χ2v) is 9.27. The predicted molar refractivity (Wildman–Crippen MR) is 102 cm³/mol. The molecule has 25 heavy (non-hydrogen) atoms. The minimum absolute atomic E-state index is 0.330. The second-order valence-electron chi connectivity index (χ2n) is 6.23. The van der Waals surface area contributed by atoms with Gasteiger partial charge < -0.3 is 4.90 Å². The maximum Gasteiger partial charge on any atom is 0.175 e. The van der Waals surface area contributed by atoms with Crippen molar-refractivity contribution in [3.05, 3.63) is 64.4 Å². The lowest BCUT2D eigenvalue weighted by molar-refractivity contribution is 0.602. The Balaban J connectivity index is 1.64. The van der Waals surface area contributed by atoms with Crippen LogP contribution < -0.4 is 4.90 Å². The Morgan fingerprint density at radius 3 is 2.60 bits per heavy atom. The molecule has 0 amide bonds. The number of fused-ring (bicyclic) bond motifs is 1. The van der Waals surface area contributed by atoms with Gasteiger partial charge in [0.2, 0.25) is 0 Å². The lowest BCUT2D eigenvalue weighted by atomic mass is 10.1. The zero-order valence-corrected chi connectivity index (χ0v) is 15.5. The van der Waals surface area contributed by atoms with Crippen LogP contribution in [-0.2, 0) is 22.8 Å². The third kappa shape index (κ3) is 3.32. The molecule has 0 bridgehead atoms. The van der Waals surface area contributed by atoms with Crippen molar-refractivity contribution in [1.82, 2.24) is 4.98 Å². The van der Waals surface area contributed by atoms with E-state index in [0.29, 0.717) is 4.90 Å². The van der Waals surface area contributed by atoms with E-state index in [4.69, 9.17) is 4.98 Å². The fourth-order valence-corrected chi connectivity index (χ4v) is 4.44. The Labute approximate surface area is 151 Å². The molecule has 0 fully saturated rings. The molecule has 0 spiro atoms. The number of rotatable bonds is 4. The molecule has 0 aliphatic carbocycles. The van der Waals surface area contributed by atoms with Crippen LogP contribution in [0.1, 0.15) is 10.4 Å². The van der Waals surface area contributed by atoms with Gasteiger partial charge in [-0.1, -0.05) is 24.3 Å². The normalized spacial score (nSPS) is 13.9. The first-order valence-corrected chi connectivity index (χ1v) is 10.9. The van der Waals surface area contributed by atoms with E-state index in [1.807, 2.05) is 18.2 Å². The number of aromatic nitrogens is 1. The molecule has 4 rings (SSSR count). The summed E-state index contributed by atoms with van der Waals surface area (Å²) >= 11 is 1.76. The summed E-state index contributed by atoms with van der Waals surface area (Å²) in [7, 11) is -3.18. The molecule has 2 aromatic heterocycles. The zero-order valence-electron chi connectivity index (χ0n) is 13.8. The number of nitrogens with zero attached hydrogens (tertiary/aromatic N) is 2. The smallest absolute Gasteiger partial charge is 0.175 e. The van der Waals surface area contributed by atoms with Gasteiger partial charge in [0, 0.05) is 23.2 Å². The summed E-state index contributed by atoms with van der Waals surface area (Å²) in [6.07, 6.45) is 2.24. The summed E-state index contributed by atoms with van der Waals surface area (Å²) in [5.74, 6) is 1.04. The van der Waals surface area contributed by atoms with Crippen LogP contribution in [0.3, 0.4) is 0 Å². The standard InChI is InChI=1S/C19H18N2O2S2/c1-25(22,23)17-7-4-14(5-8-17)18-9-6-15-10-11-21(19(15)20-18)13-16-3-2-12-24-16/h2-9,12H,10-11,13H2,1H3. The first-order valence-electron chi connectivity index (χ1n) is 8.08. The molecule has 6 heteroatoms. The Bertz CT molecular complexity index is 994. The van der Waals surface area contributed by atoms with Gasteiger partial charge in [0.15, 0.2) is 9.84 Å². The summed E-state index contributed by atoms with van der Waals surface area (Å²) < 4.78 is 23.2. The molecule has 0 radical (unpaired) electrons. The quantitative estimate of drug-likeness (QED) is 0.701. The molecular formula is C19H18N2O2S2. The van der Waals surface area contributed by atoms with Crippen molar-refractivity contribution in [1.29, 1.82) is 0 Å². The lowest BCUT2D eigenvalue weighted by Crippen LogP contribution is -2.19. The highest BCUT2D eigenvalue weighted by atomic mass is 32.2. The van der Waals surface area contributed by atoms with Crippen LogP contribution in [0.5, 0.6) is 0 Å². The number of hydrogen-bond donors (Lipinski definition) is 0. The van der Waals surface area contributed by atoms with E-state index < -0.39 is 9.84 Å². The average molecular weight is 370 g/mol. The van der Waals surface area contributed by atoms with Crippen molar-refractivity contribution in [2.45, 2.75) is 17.9 Å². The van der Waals surface area contributed by atoms with E-state index in [1.165, 1.54) is 16.7 Å². The lowest BCUT2D eigenvalue weighted by Gasteiger charge is -2.18. The summed E-state index contributed by atoms with van der Waals surface area (Å²) in [6, 6.07) is 15.3. The Morgan fingerprint density at radius 2 is 1.92 bits per heavy atom. The van der Waals surface area contributed by atoms with E-state index in [1.54, 1.807) is 23.5 Å². The first kappa shape index (κ1) is 16.3. The van der Waals surface area contributed by atoms with Gasteiger partial charge in [0.05, 0.1) is 17.1 Å². The molecule has 1 aliphatic rings. The van der Waals surface area contributed by atoms with Crippen LogP contribution in [-0.4, -0.2) is 26.2 Å². The van der Waals surface area contributed by atoms with Crippen LogP contribution >= 0.6 is 11.3 Å². The summed E-state index contributed by atoms with van der Waals surface area (Å²) in [5.41, 5.74) is 3.07. The number of anilines is 1. The van der Waals surface area contributed by atoms with Gasteiger partial charge in [-0.2, -0.15) is 0 Å². The SMILES string of the molecule is CS(=O)(=O)c1ccc(-c2ccc3c(n2)N(Cc2cccs2)CC3)cc1. The predicted octanol–water partition coefficient (Wildman–Crippen LogP) is 3.78. The third-order valence-electron chi connectivity index (χ3n) is 4.41. The molecular weight excluding hydrogens is 352 g/mol. The van der Waals surface area contributed by atoms with Crippen molar-refractivity contribution in [2.24, 2.45) is 0 Å². The highest BCUT2D eigenvalue weighted by Crippen LogP contribution is 2.31. The third-order valence-corrected chi connectivity index (χ3v) is 6.40. The van der Waals surface area contributed by atoms with Gasteiger partial charge in [0.1, 0.15) is 5.82 Å². The van der Waals surface area contributed by atoms with Crippen LogP contribution in [0.25, 0.3) is 11.3 Å². The molecule has 4 nitrogen and oxygen atoms in total. The maximum absolute atomic E-state index is 11.6. The van der Waals surface area contributed by atoms with Crippen molar-refractivity contribution in [3.8, 4) is 11.3 Å². The number of benzene rings is 1. The maximum atomic E-state index is 11.6. The average Bonchev–Trinajstić information content (AvgIpc) is 3.24. The van der Waals surface area contributed by atoms with Gasteiger partial charge >= 0.3 is 0 Å². The van der Waals surface area contributed by atoms with Gasteiger partial charge in [-0.05, 0) is 41.6 Å². The highest BCUT2D eigenvalue weighted by Gasteiger charge is 2.21. The number of thiophene rings is 1. The first-order chi connectivity index (χ1) is 12.0. The fraction of sp³-hybridized carbons (Fsp3) is 0.211. The van der Waals surface area contributed by atoms with Crippen molar-refractivity contribution >= 4 is 27.0 Å². The number of hydrogen-bond acceptors (Lipinski definition) is 5. The zero-order chi connectivity index (χ0) is 17.4. The molecule has 1 aromatic carbocycles.